The van der Waals surface area contributed by atoms with Crippen molar-refractivity contribution in [3.63, 3.8) is 0 Å². The van der Waals surface area contributed by atoms with Crippen molar-refractivity contribution >= 4 is 22.8 Å². The SMILES string of the molecule is O=C(NCc1ccco1)[C@H](c1ccncc1)N(Cc1ccccc1)C(=O)Cn1nnc2ccccc21. The first-order valence-corrected chi connectivity index (χ1v) is 11.5. The Morgan fingerprint density at radius 2 is 1.72 bits per heavy atom. The number of fused-ring (bicyclic) bond motifs is 1. The molecule has 3 aromatic heterocycles. The maximum absolute atomic E-state index is 13.8. The number of hydrogen-bond donors (Lipinski definition) is 1. The number of nitrogens with zero attached hydrogens (tertiary/aromatic N) is 5. The van der Waals surface area contributed by atoms with Crippen LogP contribution in [0.25, 0.3) is 11.0 Å². The van der Waals surface area contributed by atoms with Gasteiger partial charge in [-0.3, -0.25) is 14.6 Å². The molecule has 0 spiro atoms. The molecule has 1 atom stereocenters. The molecule has 180 valence electrons. The molecule has 5 rings (SSSR count). The van der Waals surface area contributed by atoms with E-state index in [0.29, 0.717) is 16.8 Å². The molecule has 36 heavy (non-hydrogen) atoms. The summed E-state index contributed by atoms with van der Waals surface area (Å²) in [6.45, 7) is 0.363. The third-order valence-electron chi connectivity index (χ3n) is 5.82. The summed E-state index contributed by atoms with van der Waals surface area (Å²) in [5, 5.41) is 11.2. The lowest BCUT2D eigenvalue weighted by molar-refractivity contribution is -0.142. The summed E-state index contributed by atoms with van der Waals surface area (Å²) in [5.74, 6) is 0.0154. The van der Waals surface area contributed by atoms with Gasteiger partial charge in [-0.1, -0.05) is 47.7 Å². The molecular formula is C27H24N6O3. The molecule has 2 amide bonds. The van der Waals surface area contributed by atoms with E-state index in [1.807, 2.05) is 54.6 Å². The van der Waals surface area contributed by atoms with Gasteiger partial charge in [-0.05, 0) is 47.5 Å². The van der Waals surface area contributed by atoms with Gasteiger partial charge in [0, 0.05) is 18.9 Å². The number of aromatic nitrogens is 4. The van der Waals surface area contributed by atoms with E-state index in [-0.39, 0.29) is 31.4 Å². The molecule has 2 aromatic carbocycles. The third kappa shape index (κ3) is 5.15. The van der Waals surface area contributed by atoms with Crippen LogP contribution >= 0.6 is 0 Å². The minimum absolute atomic E-state index is 0.0691. The number of carbonyl (C=O) groups excluding carboxylic acids is 2. The molecule has 0 aliphatic rings. The number of para-hydroxylation sites is 1. The normalized spacial score (nSPS) is 11.8. The van der Waals surface area contributed by atoms with Gasteiger partial charge >= 0.3 is 0 Å². The van der Waals surface area contributed by atoms with Crippen LogP contribution in [0.3, 0.4) is 0 Å². The van der Waals surface area contributed by atoms with E-state index in [9.17, 15) is 9.59 Å². The Labute approximate surface area is 207 Å². The number of rotatable bonds is 9. The quantitative estimate of drug-likeness (QED) is 0.346. The predicted molar refractivity (Wildman–Crippen MR) is 132 cm³/mol. The lowest BCUT2D eigenvalue weighted by Gasteiger charge is -2.31. The van der Waals surface area contributed by atoms with E-state index < -0.39 is 6.04 Å². The maximum Gasteiger partial charge on any atom is 0.247 e. The van der Waals surface area contributed by atoms with Crippen molar-refractivity contribution in [2.75, 3.05) is 0 Å². The van der Waals surface area contributed by atoms with Crippen LogP contribution < -0.4 is 5.32 Å². The van der Waals surface area contributed by atoms with Crippen LogP contribution in [0, 0.1) is 0 Å². The van der Waals surface area contributed by atoms with Crippen LogP contribution in [0.4, 0.5) is 0 Å². The zero-order chi connectivity index (χ0) is 24.7. The highest BCUT2D eigenvalue weighted by Gasteiger charge is 2.32. The first-order chi connectivity index (χ1) is 17.7. The molecule has 0 unspecified atom stereocenters. The van der Waals surface area contributed by atoms with E-state index >= 15 is 0 Å². The molecule has 0 bridgehead atoms. The van der Waals surface area contributed by atoms with Gasteiger partial charge in [-0.15, -0.1) is 5.10 Å². The second-order valence-electron chi connectivity index (χ2n) is 8.22. The van der Waals surface area contributed by atoms with Gasteiger partial charge in [-0.25, -0.2) is 4.68 Å². The number of amides is 2. The van der Waals surface area contributed by atoms with Crippen LogP contribution in [0.2, 0.25) is 0 Å². The summed E-state index contributed by atoms with van der Waals surface area (Å²) in [5.41, 5.74) is 2.98. The fourth-order valence-corrected chi connectivity index (χ4v) is 4.06. The summed E-state index contributed by atoms with van der Waals surface area (Å²) < 4.78 is 6.92. The highest BCUT2D eigenvalue weighted by atomic mass is 16.3. The molecule has 0 aliphatic carbocycles. The number of pyridine rings is 1. The minimum atomic E-state index is -0.898. The average Bonchev–Trinajstić information content (AvgIpc) is 3.59. The van der Waals surface area contributed by atoms with Crippen molar-refractivity contribution in [1.29, 1.82) is 0 Å². The molecule has 3 heterocycles. The Balaban J connectivity index is 1.49. The fourth-order valence-electron chi connectivity index (χ4n) is 4.06. The largest absolute Gasteiger partial charge is 0.467 e. The first-order valence-electron chi connectivity index (χ1n) is 11.5. The Morgan fingerprint density at radius 1 is 0.944 bits per heavy atom. The highest BCUT2D eigenvalue weighted by Crippen LogP contribution is 2.24. The Morgan fingerprint density at radius 3 is 2.50 bits per heavy atom. The summed E-state index contributed by atoms with van der Waals surface area (Å²) in [6.07, 6.45) is 4.77. The molecule has 0 radical (unpaired) electrons. The number of furan rings is 1. The number of nitrogens with one attached hydrogen (secondary N) is 1. The number of benzene rings is 2. The maximum atomic E-state index is 13.8. The fraction of sp³-hybridized carbons (Fsp3) is 0.148. The van der Waals surface area contributed by atoms with E-state index in [4.69, 9.17) is 4.42 Å². The van der Waals surface area contributed by atoms with Crippen LogP contribution in [-0.2, 0) is 29.2 Å². The van der Waals surface area contributed by atoms with E-state index in [2.05, 4.69) is 20.6 Å². The molecular weight excluding hydrogens is 456 g/mol. The summed E-state index contributed by atoms with van der Waals surface area (Å²) >= 11 is 0. The molecule has 9 nitrogen and oxygen atoms in total. The first kappa shape index (κ1) is 23.0. The summed E-state index contributed by atoms with van der Waals surface area (Å²) in [4.78, 5) is 33.1. The molecule has 9 heteroatoms. The standard InChI is InChI=1S/C27H24N6O3/c34-25(19-33-24-11-5-4-10-23(24)30-31-33)32(18-20-7-2-1-3-8-20)26(21-12-14-28-15-13-21)27(35)29-17-22-9-6-16-36-22/h1-16,26H,17-19H2,(H,29,35)/t26-/m0/s1. The molecule has 5 aromatic rings. The number of hydrogen-bond acceptors (Lipinski definition) is 6. The van der Waals surface area contributed by atoms with Gasteiger partial charge in [-0.2, -0.15) is 0 Å². The van der Waals surface area contributed by atoms with Crippen LogP contribution in [0.15, 0.2) is 102 Å². The Hall–Kier alpha value is -4.79. The molecule has 0 fully saturated rings. The molecule has 0 aliphatic heterocycles. The smallest absolute Gasteiger partial charge is 0.247 e. The van der Waals surface area contributed by atoms with Crippen LogP contribution in [0.1, 0.15) is 22.9 Å². The lowest BCUT2D eigenvalue weighted by atomic mass is 10.0. The van der Waals surface area contributed by atoms with Crippen LogP contribution in [-0.4, -0.2) is 36.7 Å². The number of carbonyl (C=O) groups is 2. The summed E-state index contributed by atoms with van der Waals surface area (Å²) in [7, 11) is 0. The van der Waals surface area contributed by atoms with Gasteiger partial charge in [0.15, 0.2) is 0 Å². The van der Waals surface area contributed by atoms with E-state index in [1.165, 1.54) is 0 Å². The Kier molecular flexibility index (Phi) is 6.79. The van der Waals surface area contributed by atoms with Crippen molar-refractivity contribution in [3.05, 3.63) is 114 Å². The van der Waals surface area contributed by atoms with Gasteiger partial charge < -0.3 is 14.6 Å². The van der Waals surface area contributed by atoms with Crippen molar-refractivity contribution in [3.8, 4) is 0 Å². The van der Waals surface area contributed by atoms with Crippen molar-refractivity contribution in [2.45, 2.75) is 25.7 Å². The zero-order valence-electron chi connectivity index (χ0n) is 19.4. The van der Waals surface area contributed by atoms with Crippen molar-refractivity contribution in [2.24, 2.45) is 0 Å². The highest BCUT2D eigenvalue weighted by molar-refractivity contribution is 5.89. The van der Waals surface area contributed by atoms with Crippen molar-refractivity contribution < 1.29 is 14.0 Å². The van der Waals surface area contributed by atoms with Crippen LogP contribution in [0.5, 0.6) is 0 Å². The monoisotopic (exact) mass is 480 g/mol. The minimum Gasteiger partial charge on any atom is -0.467 e. The second kappa shape index (κ2) is 10.6. The molecule has 0 saturated heterocycles. The van der Waals surface area contributed by atoms with Gasteiger partial charge in [0.1, 0.15) is 23.9 Å². The third-order valence-corrected chi connectivity index (χ3v) is 5.82. The van der Waals surface area contributed by atoms with Gasteiger partial charge in [0.05, 0.1) is 18.3 Å². The van der Waals surface area contributed by atoms with Gasteiger partial charge in [0.25, 0.3) is 0 Å². The van der Waals surface area contributed by atoms with E-state index in [1.54, 1.807) is 52.5 Å². The predicted octanol–water partition coefficient (Wildman–Crippen LogP) is 3.51. The second-order valence-corrected chi connectivity index (χ2v) is 8.22. The Bertz CT molecular complexity index is 1430. The average molecular weight is 481 g/mol. The van der Waals surface area contributed by atoms with Crippen molar-refractivity contribution in [1.82, 2.24) is 30.2 Å². The molecule has 0 saturated carbocycles. The van der Waals surface area contributed by atoms with E-state index in [0.717, 1.165) is 11.1 Å². The molecule has 1 N–H and O–H groups in total. The summed E-state index contributed by atoms with van der Waals surface area (Å²) in [6, 6.07) is 23.1. The topological polar surface area (TPSA) is 106 Å². The lowest BCUT2D eigenvalue weighted by Crippen LogP contribution is -2.44. The van der Waals surface area contributed by atoms with Gasteiger partial charge in [0.2, 0.25) is 11.8 Å². The zero-order valence-corrected chi connectivity index (χ0v) is 19.4.